The molecule has 6 heteroatoms. The summed E-state index contributed by atoms with van der Waals surface area (Å²) in [6.45, 7) is 2.23. The van der Waals surface area contributed by atoms with E-state index in [0.717, 1.165) is 31.2 Å². The summed E-state index contributed by atoms with van der Waals surface area (Å²) < 4.78 is 5.10. The molecule has 1 aromatic carbocycles. The third kappa shape index (κ3) is 3.54. The summed E-state index contributed by atoms with van der Waals surface area (Å²) in [6, 6.07) is 4.78. The number of benzene rings is 1. The van der Waals surface area contributed by atoms with Crippen molar-refractivity contribution < 1.29 is 14.5 Å². The van der Waals surface area contributed by atoms with Gasteiger partial charge in [0.05, 0.1) is 18.1 Å². The Kier molecular flexibility index (Phi) is 4.68. The predicted molar refractivity (Wildman–Crippen MR) is 73.7 cm³/mol. The lowest BCUT2D eigenvalue weighted by atomic mass is 9.99. The van der Waals surface area contributed by atoms with Crippen LogP contribution in [0.5, 0.6) is 5.75 Å². The molecule has 0 aromatic heterocycles. The van der Waals surface area contributed by atoms with Crippen molar-refractivity contribution in [1.29, 1.82) is 0 Å². The van der Waals surface area contributed by atoms with Gasteiger partial charge in [-0.25, -0.2) is 0 Å². The monoisotopic (exact) mass is 278 g/mol. The number of hydrogen-bond acceptors (Lipinski definition) is 5. The molecule has 20 heavy (non-hydrogen) atoms. The second-order valence-corrected chi connectivity index (χ2v) is 5.07. The van der Waals surface area contributed by atoms with Gasteiger partial charge < -0.3 is 9.53 Å². The quantitative estimate of drug-likeness (QED) is 0.468. The van der Waals surface area contributed by atoms with Crippen LogP contribution in [0.15, 0.2) is 18.2 Å². The number of nitrogens with zero attached hydrogens (tertiary/aromatic N) is 2. The third-order valence-corrected chi connectivity index (χ3v) is 3.54. The number of carbonyl (C=O) groups excluding carboxylic acids is 1. The van der Waals surface area contributed by atoms with Crippen LogP contribution in [0.25, 0.3) is 0 Å². The molecule has 1 unspecified atom stereocenters. The second-order valence-electron chi connectivity index (χ2n) is 5.07. The minimum Gasteiger partial charge on any atom is -0.496 e. The fourth-order valence-electron chi connectivity index (χ4n) is 2.56. The van der Waals surface area contributed by atoms with Gasteiger partial charge in [0.15, 0.2) is 0 Å². The molecule has 1 aliphatic heterocycles. The molecule has 1 atom stereocenters. The first kappa shape index (κ1) is 14.5. The molecule has 0 radical (unpaired) electrons. The summed E-state index contributed by atoms with van der Waals surface area (Å²) in [7, 11) is 1.49. The minimum atomic E-state index is -0.420. The Labute approximate surface area is 117 Å². The predicted octanol–water partition coefficient (Wildman–Crippen LogP) is 2.01. The van der Waals surface area contributed by atoms with Gasteiger partial charge in [-0.3, -0.25) is 15.0 Å². The van der Waals surface area contributed by atoms with Gasteiger partial charge in [0, 0.05) is 25.1 Å². The topological polar surface area (TPSA) is 72.7 Å². The molecule has 1 heterocycles. The zero-order chi connectivity index (χ0) is 14.5. The highest BCUT2D eigenvalue weighted by molar-refractivity contribution is 5.54. The van der Waals surface area contributed by atoms with E-state index in [1.165, 1.54) is 13.2 Å². The zero-order valence-corrected chi connectivity index (χ0v) is 11.4. The molecular formula is C14H18N2O4. The van der Waals surface area contributed by atoms with Crippen LogP contribution in [0.3, 0.4) is 0 Å². The summed E-state index contributed by atoms with van der Waals surface area (Å²) in [4.78, 5) is 23.5. The van der Waals surface area contributed by atoms with Crippen LogP contribution >= 0.6 is 0 Å². The number of ether oxygens (including phenoxy) is 1. The number of nitro benzene ring substituents is 1. The molecule has 0 bridgehead atoms. The Morgan fingerprint density at radius 2 is 2.30 bits per heavy atom. The molecule has 6 nitrogen and oxygen atoms in total. The summed E-state index contributed by atoms with van der Waals surface area (Å²) in [6.07, 6.45) is 2.91. The van der Waals surface area contributed by atoms with E-state index in [1.54, 1.807) is 12.1 Å². The van der Waals surface area contributed by atoms with Crippen LogP contribution in [0.1, 0.15) is 18.4 Å². The van der Waals surface area contributed by atoms with Crippen molar-refractivity contribution in [3.05, 3.63) is 33.9 Å². The lowest BCUT2D eigenvalue weighted by molar-refractivity contribution is -0.385. The van der Waals surface area contributed by atoms with E-state index < -0.39 is 4.92 Å². The molecule has 0 amide bonds. The van der Waals surface area contributed by atoms with E-state index in [4.69, 9.17) is 4.74 Å². The van der Waals surface area contributed by atoms with Crippen LogP contribution in [0.4, 0.5) is 5.69 Å². The normalized spacial score (nSPS) is 19.6. The Balaban J connectivity index is 2.13. The van der Waals surface area contributed by atoms with Crippen molar-refractivity contribution in [1.82, 2.24) is 4.90 Å². The highest BCUT2D eigenvalue weighted by Crippen LogP contribution is 2.25. The Bertz CT molecular complexity index is 504. The molecule has 1 aromatic rings. The van der Waals surface area contributed by atoms with Gasteiger partial charge in [0.2, 0.25) is 0 Å². The first-order chi connectivity index (χ1) is 9.62. The number of hydrogen-bond donors (Lipinski definition) is 0. The fraction of sp³-hybridized carbons (Fsp3) is 0.500. The maximum atomic E-state index is 10.9. The molecule has 0 saturated carbocycles. The smallest absolute Gasteiger partial charge is 0.273 e. The van der Waals surface area contributed by atoms with Gasteiger partial charge in [0.1, 0.15) is 12.0 Å². The van der Waals surface area contributed by atoms with Crippen LogP contribution < -0.4 is 4.74 Å². The molecule has 108 valence electrons. The Morgan fingerprint density at radius 3 is 2.95 bits per heavy atom. The second kappa shape index (κ2) is 6.47. The molecule has 1 fully saturated rings. The van der Waals surface area contributed by atoms with Gasteiger partial charge >= 0.3 is 0 Å². The summed E-state index contributed by atoms with van der Waals surface area (Å²) in [5.74, 6) is 0.558. The van der Waals surface area contributed by atoms with Crippen LogP contribution in [-0.4, -0.2) is 36.3 Å². The van der Waals surface area contributed by atoms with Crippen molar-refractivity contribution >= 4 is 12.0 Å². The third-order valence-electron chi connectivity index (χ3n) is 3.54. The number of nitro groups is 1. The van der Waals surface area contributed by atoms with E-state index >= 15 is 0 Å². The maximum Gasteiger partial charge on any atom is 0.273 e. The number of likely N-dealkylation sites (tertiary alicyclic amines) is 1. The highest BCUT2D eigenvalue weighted by Gasteiger charge is 2.20. The highest BCUT2D eigenvalue weighted by atomic mass is 16.6. The minimum absolute atomic E-state index is 0.0308. The number of methoxy groups -OCH3 is 1. The molecule has 0 spiro atoms. The van der Waals surface area contributed by atoms with E-state index in [-0.39, 0.29) is 11.6 Å². The lowest BCUT2D eigenvalue weighted by Gasteiger charge is -2.30. The van der Waals surface area contributed by atoms with Gasteiger partial charge in [-0.05, 0) is 31.0 Å². The van der Waals surface area contributed by atoms with Crippen LogP contribution in [-0.2, 0) is 11.3 Å². The Hall–Kier alpha value is -1.95. The average Bonchev–Trinajstić information content (AvgIpc) is 2.47. The van der Waals surface area contributed by atoms with Crippen molar-refractivity contribution in [2.45, 2.75) is 19.4 Å². The average molecular weight is 278 g/mol. The molecular weight excluding hydrogens is 260 g/mol. The van der Waals surface area contributed by atoms with Crippen LogP contribution in [0.2, 0.25) is 0 Å². The first-order valence-electron chi connectivity index (χ1n) is 6.62. The van der Waals surface area contributed by atoms with E-state index in [2.05, 4.69) is 4.90 Å². The number of piperidine rings is 1. The van der Waals surface area contributed by atoms with Crippen molar-refractivity contribution in [2.24, 2.45) is 5.92 Å². The molecule has 0 N–H and O–H groups in total. The molecule has 1 saturated heterocycles. The molecule has 1 aliphatic rings. The largest absolute Gasteiger partial charge is 0.496 e. The number of carbonyl (C=O) groups is 1. The number of rotatable bonds is 5. The summed E-state index contributed by atoms with van der Waals surface area (Å²) in [5, 5.41) is 10.9. The fourth-order valence-corrected chi connectivity index (χ4v) is 2.56. The van der Waals surface area contributed by atoms with Crippen molar-refractivity contribution in [3.63, 3.8) is 0 Å². The molecule has 0 aliphatic carbocycles. The van der Waals surface area contributed by atoms with Gasteiger partial charge in [0.25, 0.3) is 5.69 Å². The summed E-state index contributed by atoms with van der Waals surface area (Å²) in [5.41, 5.74) is 0.867. The van der Waals surface area contributed by atoms with E-state index in [9.17, 15) is 14.9 Å². The lowest BCUT2D eigenvalue weighted by Crippen LogP contribution is -2.35. The molecule has 2 rings (SSSR count). The first-order valence-corrected chi connectivity index (χ1v) is 6.62. The van der Waals surface area contributed by atoms with E-state index in [0.29, 0.717) is 18.8 Å². The Morgan fingerprint density at radius 1 is 1.50 bits per heavy atom. The van der Waals surface area contributed by atoms with Crippen molar-refractivity contribution in [3.8, 4) is 5.75 Å². The van der Waals surface area contributed by atoms with Crippen LogP contribution in [0, 0.1) is 16.0 Å². The SMILES string of the molecule is COc1cc(CN2CCCC(C=O)C2)cc([N+](=O)[O-])c1. The van der Waals surface area contributed by atoms with Gasteiger partial charge in [-0.2, -0.15) is 0 Å². The van der Waals surface area contributed by atoms with Gasteiger partial charge in [-0.15, -0.1) is 0 Å². The van der Waals surface area contributed by atoms with E-state index in [1.807, 2.05) is 0 Å². The number of aldehydes is 1. The number of non-ortho nitro benzene ring substituents is 1. The van der Waals surface area contributed by atoms with Crippen molar-refractivity contribution in [2.75, 3.05) is 20.2 Å². The van der Waals surface area contributed by atoms with Gasteiger partial charge in [-0.1, -0.05) is 0 Å². The maximum absolute atomic E-state index is 10.9. The summed E-state index contributed by atoms with van der Waals surface area (Å²) >= 11 is 0. The standard InChI is InChI=1S/C14H18N2O4/c1-20-14-6-12(5-13(7-14)16(18)19)9-15-4-2-3-11(8-15)10-17/h5-7,10-11H,2-4,8-9H2,1H3. The zero-order valence-electron chi connectivity index (χ0n) is 11.4.